The van der Waals surface area contributed by atoms with Gasteiger partial charge in [0.2, 0.25) is 0 Å². The summed E-state index contributed by atoms with van der Waals surface area (Å²) < 4.78 is 1.67. The van der Waals surface area contributed by atoms with Gasteiger partial charge >= 0.3 is 5.97 Å². The number of carboxylic acids is 1. The van der Waals surface area contributed by atoms with E-state index in [1.165, 1.54) is 6.33 Å². The van der Waals surface area contributed by atoms with E-state index < -0.39 is 5.97 Å². The van der Waals surface area contributed by atoms with Gasteiger partial charge in [-0.15, -0.1) is 0 Å². The van der Waals surface area contributed by atoms with Crippen LogP contribution in [-0.2, 0) is 11.3 Å². The van der Waals surface area contributed by atoms with Crippen molar-refractivity contribution in [2.45, 2.75) is 13.0 Å². The Morgan fingerprint density at radius 2 is 2.12 bits per heavy atom. The molecular weight excluding hydrogens is 208 g/mol. The van der Waals surface area contributed by atoms with Crippen molar-refractivity contribution in [1.82, 2.24) is 9.55 Å². The average Bonchev–Trinajstić information content (AvgIpc) is 2.28. The standard InChI is InChI=1S/C11H10N2O3/c14-10(15)5-6-13-7-12-11(16)8-3-1-2-4-9(8)13/h1-4,7H,5-6H2,(H,14,15). The molecule has 0 fully saturated rings. The number of carbonyl (C=O) groups is 1. The van der Waals surface area contributed by atoms with Crippen LogP contribution in [0, 0.1) is 0 Å². The molecule has 0 saturated heterocycles. The molecule has 0 saturated carbocycles. The Labute approximate surface area is 91.0 Å². The topological polar surface area (TPSA) is 72.2 Å². The molecule has 0 aliphatic heterocycles. The number of para-hydroxylation sites is 1. The highest BCUT2D eigenvalue weighted by Gasteiger charge is 2.04. The minimum atomic E-state index is -0.872. The van der Waals surface area contributed by atoms with Crippen molar-refractivity contribution < 1.29 is 9.90 Å². The minimum Gasteiger partial charge on any atom is -0.481 e. The summed E-state index contributed by atoms with van der Waals surface area (Å²) in [5, 5.41) is 9.12. The fraction of sp³-hybridized carbons (Fsp3) is 0.182. The molecule has 16 heavy (non-hydrogen) atoms. The number of aryl methyl sites for hydroxylation is 1. The van der Waals surface area contributed by atoms with Crippen LogP contribution in [0.25, 0.3) is 10.9 Å². The van der Waals surface area contributed by atoms with E-state index in [0.29, 0.717) is 17.4 Å². The van der Waals surface area contributed by atoms with E-state index in [1.54, 1.807) is 28.8 Å². The Hall–Kier alpha value is -2.17. The van der Waals surface area contributed by atoms with Gasteiger partial charge in [0.05, 0.1) is 23.7 Å². The normalized spacial score (nSPS) is 10.5. The first-order valence-electron chi connectivity index (χ1n) is 4.84. The largest absolute Gasteiger partial charge is 0.481 e. The maximum atomic E-state index is 11.4. The monoisotopic (exact) mass is 218 g/mol. The average molecular weight is 218 g/mol. The molecule has 0 unspecified atom stereocenters. The predicted molar refractivity (Wildman–Crippen MR) is 58.3 cm³/mol. The molecule has 5 nitrogen and oxygen atoms in total. The summed E-state index contributed by atoms with van der Waals surface area (Å²) in [6.07, 6.45) is 1.39. The summed E-state index contributed by atoms with van der Waals surface area (Å²) >= 11 is 0. The Kier molecular flexibility index (Phi) is 2.68. The van der Waals surface area contributed by atoms with Crippen molar-refractivity contribution in [3.63, 3.8) is 0 Å². The van der Waals surface area contributed by atoms with Crippen LogP contribution in [0.4, 0.5) is 0 Å². The zero-order valence-electron chi connectivity index (χ0n) is 8.46. The van der Waals surface area contributed by atoms with Crippen molar-refractivity contribution >= 4 is 16.9 Å². The molecule has 0 amide bonds. The number of fused-ring (bicyclic) bond motifs is 1. The summed E-state index contributed by atoms with van der Waals surface area (Å²) in [6, 6.07) is 7.02. The van der Waals surface area contributed by atoms with Gasteiger partial charge in [-0.25, -0.2) is 0 Å². The molecule has 1 N–H and O–H groups in total. The molecule has 0 aliphatic rings. The van der Waals surface area contributed by atoms with Crippen LogP contribution in [0.1, 0.15) is 6.42 Å². The number of rotatable bonds is 3. The van der Waals surface area contributed by atoms with E-state index >= 15 is 0 Å². The summed E-state index contributed by atoms with van der Waals surface area (Å²) in [7, 11) is 0. The van der Waals surface area contributed by atoms with Gasteiger partial charge in [-0.2, -0.15) is 4.98 Å². The second-order valence-corrected chi connectivity index (χ2v) is 3.40. The molecule has 1 heterocycles. The molecule has 1 aromatic carbocycles. The van der Waals surface area contributed by atoms with Crippen LogP contribution in [0.3, 0.4) is 0 Å². The number of benzene rings is 1. The molecule has 0 bridgehead atoms. The Balaban J connectivity index is 2.50. The van der Waals surface area contributed by atoms with E-state index in [4.69, 9.17) is 5.11 Å². The van der Waals surface area contributed by atoms with Crippen molar-refractivity contribution in [3.05, 3.63) is 40.9 Å². The van der Waals surface area contributed by atoms with Gasteiger partial charge in [0, 0.05) is 6.54 Å². The van der Waals surface area contributed by atoms with Crippen LogP contribution < -0.4 is 5.56 Å². The zero-order valence-corrected chi connectivity index (χ0v) is 8.46. The zero-order chi connectivity index (χ0) is 11.5. The third-order valence-electron chi connectivity index (χ3n) is 2.32. The van der Waals surface area contributed by atoms with E-state index in [9.17, 15) is 9.59 Å². The highest BCUT2D eigenvalue weighted by molar-refractivity contribution is 5.77. The first-order valence-corrected chi connectivity index (χ1v) is 4.84. The van der Waals surface area contributed by atoms with Crippen molar-refractivity contribution in [1.29, 1.82) is 0 Å². The summed E-state index contributed by atoms with van der Waals surface area (Å²) in [5.74, 6) is -0.872. The van der Waals surface area contributed by atoms with Crippen molar-refractivity contribution in [3.8, 4) is 0 Å². The van der Waals surface area contributed by atoms with Gasteiger partial charge in [0.25, 0.3) is 5.56 Å². The molecule has 82 valence electrons. The lowest BCUT2D eigenvalue weighted by atomic mass is 10.2. The lowest BCUT2D eigenvalue weighted by molar-refractivity contribution is -0.137. The highest BCUT2D eigenvalue weighted by Crippen LogP contribution is 2.08. The fourth-order valence-corrected chi connectivity index (χ4v) is 1.55. The molecule has 5 heteroatoms. The minimum absolute atomic E-state index is 0.00848. The molecule has 0 aliphatic carbocycles. The number of hydrogen-bond donors (Lipinski definition) is 1. The summed E-state index contributed by atoms with van der Waals surface area (Å²) in [6.45, 7) is 0.309. The van der Waals surface area contributed by atoms with E-state index in [-0.39, 0.29) is 12.0 Å². The third-order valence-corrected chi connectivity index (χ3v) is 2.32. The van der Waals surface area contributed by atoms with E-state index in [2.05, 4.69) is 4.98 Å². The number of aliphatic carboxylic acids is 1. The quantitative estimate of drug-likeness (QED) is 0.829. The second kappa shape index (κ2) is 4.14. The molecule has 1 aromatic heterocycles. The highest BCUT2D eigenvalue weighted by atomic mass is 16.4. The summed E-state index contributed by atoms with van der Waals surface area (Å²) in [5.41, 5.74) is 0.422. The molecular formula is C11H10N2O3. The van der Waals surface area contributed by atoms with Crippen LogP contribution >= 0.6 is 0 Å². The lowest BCUT2D eigenvalue weighted by Crippen LogP contribution is -2.13. The first-order chi connectivity index (χ1) is 7.68. The number of aromatic nitrogens is 2. The maximum Gasteiger partial charge on any atom is 0.305 e. The Morgan fingerprint density at radius 1 is 1.38 bits per heavy atom. The van der Waals surface area contributed by atoms with Gasteiger partial charge in [0.15, 0.2) is 0 Å². The Morgan fingerprint density at radius 3 is 2.88 bits per heavy atom. The first kappa shape index (κ1) is 10.4. The molecule has 2 rings (SSSR count). The van der Waals surface area contributed by atoms with Gasteiger partial charge in [0.1, 0.15) is 0 Å². The van der Waals surface area contributed by atoms with Crippen LogP contribution in [0.15, 0.2) is 35.4 Å². The van der Waals surface area contributed by atoms with Gasteiger partial charge in [-0.1, -0.05) is 12.1 Å². The third kappa shape index (κ3) is 1.93. The van der Waals surface area contributed by atoms with Crippen LogP contribution in [-0.4, -0.2) is 20.6 Å². The van der Waals surface area contributed by atoms with Gasteiger partial charge < -0.3 is 9.67 Å². The van der Waals surface area contributed by atoms with Crippen LogP contribution in [0.5, 0.6) is 0 Å². The smallest absolute Gasteiger partial charge is 0.305 e. The maximum absolute atomic E-state index is 11.4. The number of nitrogens with zero attached hydrogens (tertiary/aromatic N) is 2. The van der Waals surface area contributed by atoms with E-state index in [0.717, 1.165) is 0 Å². The number of hydrogen-bond acceptors (Lipinski definition) is 3. The molecule has 0 radical (unpaired) electrons. The van der Waals surface area contributed by atoms with Gasteiger partial charge in [-0.3, -0.25) is 9.59 Å². The second-order valence-electron chi connectivity index (χ2n) is 3.40. The van der Waals surface area contributed by atoms with Gasteiger partial charge in [-0.05, 0) is 12.1 Å². The summed E-state index contributed by atoms with van der Waals surface area (Å²) in [4.78, 5) is 25.6. The molecule has 0 atom stereocenters. The Bertz CT molecular complexity index is 589. The van der Waals surface area contributed by atoms with Crippen LogP contribution in [0.2, 0.25) is 0 Å². The van der Waals surface area contributed by atoms with Crippen molar-refractivity contribution in [2.24, 2.45) is 0 Å². The van der Waals surface area contributed by atoms with E-state index in [1.807, 2.05) is 0 Å². The lowest BCUT2D eigenvalue weighted by Gasteiger charge is -2.07. The molecule has 0 spiro atoms. The molecule has 2 aromatic rings. The fourth-order valence-electron chi connectivity index (χ4n) is 1.55. The van der Waals surface area contributed by atoms with Crippen molar-refractivity contribution in [2.75, 3.05) is 0 Å². The predicted octanol–water partition coefficient (Wildman–Crippen LogP) is 0.871. The number of carboxylic acid groups (broad SMARTS) is 1. The SMILES string of the molecule is O=C(O)CCn1cnc(=O)c2ccccc21.